The smallest absolute Gasteiger partial charge is 0.337 e. The molecule has 1 aromatic rings. The van der Waals surface area contributed by atoms with Crippen LogP contribution in [0.5, 0.6) is 5.75 Å². The first kappa shape index (κ1) is 13.4. The van der Waals surface area contributed by atoms with Crippen molar-refractivity contribution in [1.82, 2.24) is 4.90 Å². The van der Waals surface area contributed by atoms with Crippen molar-refractivity contribution < 1.29 is 14.3 Å². The quantitative estimate of drug-likeness (QED) is 0.595. The summed E-state index contributed by atoms with van der Waals surface area (Å²) >= 11 is 5.04. The maximum absolute atomic E-state index is 11.3. The lowest BCUT2D eigenvalue weighted by molar-refractivity contribution is 0.0600. The highest BCUT2D eigenvalue weighted by atomic mass is 32.1. The molecule has 0 saturated carbocycles. The highest BCUT2D eigenvalue weighted by molar-refractivity contribution is 7.80. The molecular weight excluding hydrogens is 238 g/mol. The van der Waals surface area contributed by atoms with Gasteiger partial charge in [0.05, 0.1) is 12.7 Å². The van der Waals surface area contributed by atoms with Crippen molar-refractivity contribution >= 4 is 23.4 Å². The number of thiocarbonyl (C=S) groups is 1. The average molecular weight is 253 g/mol. The summed E-state index contributed by atoms with van der Waals surface area (Å²) in [6.07, 6.45) is 0. The van der Waals surface area contributed by atoms with Gasteiger partial charge in [-0.05, 0) is 42.9 Å². The third-order valence-corrected chi connectivity index (χ3v) is 2.61. The molecule has 0 radical (unpaired) electrons. The summed E-state index contributed by atoms with van der Waals surface area (Å²) in [4.78, 5) is 13.0. The SMILES string of the molecule is COC(=O)c1ccc(OC(=S)N(C)C)c(C)c1. The van der Waals surface area contributed by atoms with E-state index in [9.17, 15) is 4.79 Å². The van der Waals surface area contributed by atoms with Gasteiger partial charge in [-0.15, -0.1) is 0 Å². The number of benzene rings is 1. The Morgan fingerprint density at radius 3 is 2.47 bits per heavy atom. The van der Waals surface area contributed by atoms with Crippen LogP contribution in [0, 0.1) is 6.92 Å². The molecule has 0 N–H and O–H groups in total. The van der Waals surface area contributed by atoms with E-state index < -0.39 is 0 Å². The molecule has 0 aromatic heterocycles. The number of methoxy groups -OCH3 is 1. The van der Waals surface area contributed by atoms with Crippen LogP contribution in [0.4, 0.5) is 0 Å². The van der Waals surface area contributed by atoms with Crippen molar-refractivity contribution in [1.29, 1.82) is 0 Å². The Labute approximate surface area is 106 Å². The molecule has 0 fully saturated rings. The van der Waals surface area contributed by atoms with Crippen molar-refractivity contribution in [3.63, 3.8) is 0 Å². The Morgan fingerprint density at radius 1 is 1.35 bits per heavy atom. The zero-order valence-corrected chi connectivity index (χ0v) is 11.1. The minimum Gasteiger partial charge on any atom is -0.465 e. The van der Waals surface area contributed by atoms with Crippen LogP contribution in [0.1, 0.15) is 15.9 Å². The van der Waals surface area contributed by atoms with Gasteiger partial charge in [0.1, 0.15) is 5.75 Å². The fraction of sp³-hybridized carbons (Fsp3) is 0.333. The fourth-order valence-corrected chi connectivity index (χ4v) is 1.28. The third kappa shape index (κ3) is 3.42. The number of ether oxygens (including phenoxy) is 2. The van der Waals surface area contributed by atoms with Gasteiger partial charge in [-0.1, -0.05) is 0 Å². The van der Waals surface area contributed by atoms with Crippen LogP contribution in [-0.2, 0) is 4.74 Å². The van der Waals surface area contributed by atoms with Crippen LogP contribution >= 0.6 is 12.2 Å². The van der Waals surface area contributed by atoms with Gasteiger partial charge in [0.15, 0.2) is 0 Å². The standard InChI is InChI=1S/C12H15NO3S/c1-8-7-9(11(14)15-4)5-6-10(8)16-12(17)13(2)3/h5-7H,1-4H3. The summed E-state index contributed by atoms with van der Waals surface area (Å²) in [6.45, 7) is 1.85. The zero-order valence-electron chi connectivity index (χ0n) is 10.3. The molecule has 0 aliphatic heterocycles. The summed E-state index contributed by atoms with van der Waals surface area (Å²) in [5.41, 5.74) is 1.32. The highest BCUT2D eigenvalue weighted by Gasteiger charge is 2.10. The largest absolute Gasteiger partial charge is 0.465 e. The highest BCUT2D eigenvalue weighted by Crippen LogP contribution is 2.20. The molecule has 1 aromatic carbocycles. The molecule has 0 bridgehead atoms. The molecule has 1 rings (SSSR count). The lowest BCUT2D eigenvalue weighted by Crippen LogP contribution is -2.25. The molecular formula is C12H15NO3S. The van der Waals surface area contributed by atoms with Crippen molar-refractivity contribution in [3.05, 3.63) is 29.3 Å². The van der Waals surface area contributed by atoms with Gasteiger partial charge in [0.25, 0.3) is 5.17 Å². The normalized spacial score (nSPS) is 9.65. The summed E-state index contributed by atoms with van der Waals surface area (Å²) in [7, 11) is 4.96. The second kappa shape index (κ2) is 5.63. The molecule has 0 heterocycles. The third-order valence-electron chi connectivity index (χ3n) is 2.16. The lowest BCUT2D eigenvalue weighted by atomic mass is 10.1. The molecule has 0 spiro atoms. The van der Waals surface area contributed by atoms with Crippen LogP contribution < -0.4 is 4.74 Å². The predicted octanol–water partition coefficient (Wildman–Crippen LogP) is 2.01. The molecule has 92 valence electrons. The van der Waals surface area contributed by atoms with Gasteiger partial charge in [0, 0.05) is 14.1 Å². The van der Waals surface area contributed by atoms with E-state index in [2.05, 4.69) is 4.74 Å². The number of carbonyl (C=O) groups excluding carboxylic acids is 1. The topological polar surface area (TPSA) is 38.8 Å². The van der Waals surface area contributed by atoms with E-state index >= 15 is 0 Å². The second-order valence-corrected chi connectivity index (χ2v) is 4.08. The van der Waals surface area contributed by atoms with Crippen LogP contribution in [0.2, 0.25) is 0 Å². The van der Waals surface area contributed by atoms with Crippen LogP contribution in [0.25, 0.3) is 0 Å². The van der Waals surface area contributed by atoms with E-state index in [1.54, 1.807) is 37.2 Å². The summed E-state index contributed by atoms with van der Waals surface area (Å²) in [5, 5.41) is 0.374. The Bertz CT molecular complexity index is 443. The number of carbonyl (C=O) groups is 1. The molecule has 0 aliphatic rings. The first-order valence-corrected chi connectivity index (χ1v) is 5.44. The predicted molar refractivity (Wildman–Crippen MR) is 69.4 cm³/mol. The van der Waals surface area contributed by atoms with Crippen molar-refractivity contribution in [2.45, 2.75) is 6.92 Å². The first-order chi connectivity index (χ1) is 7.95. The minimum atomic E-state index is -0.366. The first-order valence-electron chi connectivity index (χ1n) is 5.03. The van der Waals surface area contributed by atoms with Gasteiger partial charge in [-0.2, -0.15) is 0 Å². The van der Waals surface area contributed by atoms with Gasteiger partial charge in [-0.3, -0.25) is 0 Å². The molecule has 0 aliphatic carbocycles. The fourth-order valence-electron chi connectivity index (χ4n) is 1.19. The van der Waals surface area contributed by atoms with Crippen LogP contribution in [0.3, 0.4) is 0 Å². The Kier molecular flexibility index (Phi) is 4.45. The van der Waals surface area contributed by atoms with E-state index in [1.165, 1.54) is 7.11 Å². The van der Waals surface area contributed by atoms with E-state index in [4.69, 9.17) is 17.0 Å². The van der Waals surface area contributed by atoms with E-state index in [-0.39, 0.29) is 5.97 Å². The Hall–Kier alpha value is -1.62. The molecule has 17 heavy (non-hydrogen) atoms. The molecule has 0 amide bonds. The van der Waals surface area contributed by atoms with Crippen molar-refractivity contribution in [2.75, 3.05) is 21.2 Å². The number of hydrogen-bond acceptors (Lipinski definition) is 4. The van der Waals surface area contributed by atoms with Crippen molar-refractivity contribution in [2.24, 2.45) is 0 Å². The summed E-state index contributed by atoms with van der Waals surface area (Å²) in [5.74, 6) is 0.270. The second-order valence-electron chi connectivity index (χ2n) is 3.73. The average Bonchev–Trinajstić information content (AvgIpc) is 2.30. The summed E-state index contributed by atoms with van der Waals surface area (Å²) < 4.78 is 10.1. The van der Waals surface area contributed by atoms with E-state index in [1.807, 2.05) is 6.92 Å². The zero-order chi connectivity index (χ0) is 13.0. The maximum atomic E-state index is 11.3. The monoisotopic (exact) mass is 253 g/mol. The lowest BCUT2D eigenvalue weighted by Gasteiger charge is -2.15. The summed E-state index contributed by atoms with van der Waals surface area (Å²) in [6, 6.07) is 5.06. The van der Waals surface area contributed by atoms with Crippen LogP contribution in [0.15, 0.2) is 18.2 Å². The Balaban J connectivity index is 2.90. The van der Waals surface area contributed by atoms with Gasteiger partial charge in [-0.25, -0.2) is 4.79 Å². The van der Waals surface area contributed by atoms with Crippen molar-refractivity contribution in [3.8, 4) is 5.75 Å². The number of nitrogens with zero attached hydrogens (tertiary/aromatic N) is 1. The van der Waals surface area contributed by atoms with Gasteiger partial charge >= 0.3 is 5.97 Å². The van der Waals surface area contributed by atoms with E-state index in [0.717, 1.165) is 5.56 Å². The molecule has 4 nitrogen and oxygen atoms in total. The number of rotatable bonds is 2. The van der Waals surface area contributed by atoms with Gasteiger partial charge < -0.3 is 14.4 Å². The number of esters is 1. The molecule has 0 unspecified atom stereocenters. The molecule has 0 atom stereocenters. The van der Waals surface area contributed by atoms with Gasteiger partial charge in [0.2, 0.25) is 0 Å². The minimum absolute atomic E-state index is 0.366. The molecule has 0 saturated heterocycles. The number of hydrogen-bond donors (Lipinski definition) is 0. The molecule has 5 heteroatoms. The van der Waals surface area contributed by atoms with Crippen LogP contribution in [-0.4, -0.2) is 37.2 Å². The maximum Gasteiger partial charge on any atom is 0.337 e. The Morgan fingerprint density at radius 2 is 2.00 bits per heavy atom. The number of aryl methyl sites for hydroxylation is 1. The van der Waals surface area contributed by atoms with E-state index in [0.29, 0.717) is 16.5 Å².